The minimum atomic E-state index is -0.226. The lowest BCUT2D eigenvalue weighted by Gasteiger charge is -2.14. The second-order valence-electron chi connectivity index (χ2n) is 6.09. The first-order valence-corrected chi connectivity index (χ1v) is 8.36. The van der Waals surface area contributed by atoms with Gasteiger partial charge in [-0.05, 0) is 43.2 Å². The zero-order valence-corrected chi connectivity index (χ0v) is 16.2. The van der Waals surface area contributed by atoms with Crippen LogP contribution in [-0.2, 0) is 19.5 Å². The molecule has 9 heteroatoms. The molecule has 0 radical (unpaired) electrons. The molecule has 144 valence electrons. The van der Waals surface area contributed by atoms with Crippen molar-refractivity contribution in [2.24, 2.45) is 5.73 Å². The molecule has 1 amide bonds. The molecular formula is C18H21Cl2N5O2. The van der Waals surface area contributed by atoms with Crippen molar-refractivity contribution in [2.45, 2.75) is 32.4 Å². The summed E-state index contributed by atoms with van der Waals surface area (Å²) in [5.41, 5.74) is 7.65. The number of fused-ring (bicyclic) bond motifs is 1. The standard InChI is InChI=1S/C18H19N5O2.2ClH/c19-10-15-9-13(11-25-15)18(24)20-14-6-4-12(5-7-14)17-22-21-16-3-1-2-8-23(16)17;;/h4-7,9,11H,1-3,8,10,19H2,(H,20,24);2*1H. The van der Waals surface area contributed by atoms with Gasteiger partial charge in [0.1, 0.15) is 17.8 Å². The van der Waals surface area contributed by atoms with E-state index in [1.165, 1.54) is 12.7 Å². The van der Waals surface area contributed by atoms with Gasteiger partial charge in [-0.3, -0.25) is 4.79 Å². The number of carbonyl (C=O) groups is 1. The number of aryl methyl sites for hydroxylation is 1. The van der Waals surface area contributed by atoms with Crippen LogP contribution in [0.1, 0.15) is 34.8 Å². The maximum Gasteiger partial charge on any atom is 0.258 e. The summed E-state index contributed by atoms with van der Waals surface area (Å²) in [6.07, 6.45) is 4.72. The topological polar surface area (TPSA) is 99.0 Å². The fourth-order valence-electron chi connectivity index (χ4n) is 3.03. The zero-order valence-electron chi connectivity index (χ0n) is 14.6. The molecule has 0 fully saturated rings. The van der Waals surface area contributed by atoms with Gasteiger partial charge in [0.25, 0.3) is 5.91 Å². The Bertz CT molecular complexity index is 905. The van der Waals surface area contributed by atoms with Crippen LogP contribution in [0.25, 0.3) is 11.4 Å². The first-order chi connectivity index (χ1) is 12.2. The number of rotatable bonds is 4. The first kappa shape index (κ1) is 21.0. The van der Waals surface area contributed by atoms with E-state index >= 15 is 0 Å². The van der Waals surface area contributed by atoms with Crippen LogP contribution in [0, 0.1) is 0 Å². The van der Waals surface area contributed by atoms with Gasteiger partial charge in [0.2, 0.25) is 0 Å². The molecule has 0 aliphatic carbocycles. The Hall–Kier alpha value is -2.35. The Labute approximate surface area is 169 Å². The van der Waals surface area contributed by atoms with Crippen LogP contribution in [-0.4, -0.2) is 20.7 Å². The van der Waals surface area contributed by atoms with Crippen molar-refractivity contribution in [1.29, 1.82) is 0 Å². The summed E-state index contributed by atoms with van der Waals surface area (Å²) in [5, 5.41) is 11.4. The van der Waals surface area contributed by atoms with E-state index in [1.807, 2.05) is 24.3 Å². The second-order valence-corrected chi connectivity index (χ2v) is 6.09. The molecule has 1 aromatic carbocycles. The van der Waals surface area contributed by atoms with Crippen LogP contribution in [0.5, 0.6) is 0 Å². The summed E-state index contributed by atoms with van der Waals surface area (Å²) < 4.78 is 7.37. The monoisotopic (exact) mass is 409 g/mol. The van der Waals surface area contributed by atoms with Crippen molar-refractivity contribution in [1.82, 2.24) is 14.8 Å². The van der Waals surface area contributed by atoms with Gasteiger partial charge in [-0.25, -0.2) is 0 Å². The number of furan rings is 1. The Morgan fingerprint density at radius 3 is 2.67 bits per heavy atom. The summed E-state index contributed by atoms with van der Waals surface area (Å²) in [6.45, 7) is 1.23. The quantitative estimate of drug-likeness (QED) is 0.687. The summed E-state index contributed by atoms with van der Waals surface area (Å²) in [4.78, 5) is 12.2. The highest BCUT2D eigenvalue weighted by atomic mass is 35.5. The summed E-state index contributed by atoms with van der Waals surface area (Å²) in [6, 6.07) is 9.26. The molecule has 27 heavy (non-hydrogen) atoms. The van der Waals surface area contributed by atoms with E-state index in [4.69, 9.17) is 10.2 Å². The van der Waals surface area contributed by atoms with Crippen LogP contribution in [0.3, 0.4) is 0 Å². The Morgan fingerprint density at radius 1 is 1.19 bits per heavy atom. The highest BCUT2D eigenvalue weighted by molar-refractivity contribution is 6.04. The number of nitrogens with one attached hydrogen (secondary N) is 1. The van der Waals surface area contributed by atoms with Crippen LogP contribution in [0.2, 0.25) is 0 Å². The van der Waals surface area contributed by atoms with E-state index in [1.54, 1.807) is 6.07 Å². The van der Waals surface area contributed by atoms with Gasteiger partial charge in [0.15, 0.2) is 5.82 Å². The van der Waals surface area contributed by atoms with Gasteiger partial charge in [-0.15, -0.1) is 35.0 Å². The SMILES string of the molecule is Cl.Cl.NCc1cc(C(=O)Nc2ccc(-c3nnc4n3CCCC4)cc2)co1. The summed E-state index contributed by atoms with van der Waals surface area (Å²) in [5.74, 6) is 2.29. The molecule has 2 aromatic heterocycles. The maximum absolute atomic E-state index is 12.2. The first-order valence-electron chi connectivity index (χ1n) is 8.36. The lowest BCUT2D eigenvalue weighted by atomic mass is 10.1. The number of hydrogen-bond donors (Lipinski definition) is 2. The van der Waals surface area contributed by atoms with Gasteiger partial charge >= 0.3 is 0 Å². The zero-order chi connectivity index (χ0) is 17.2. The molecule has 3 N–H and O–H groups in total. The van der Waals surface area contributed by atoms with Gasteiger partial charge < -0.3 is 20.0 Å². The number of amides is 1. The second kappa shape index (κ2) is 9.03. The van der Waals surface area contributed by atoms with E-state index in [2.05, 4.69) is 20.1 Å². The average Bonchev–Trinajstić information content (AvgIpc) is 3.29. The average molecular weight is 410 g/mol. The van der Waals surface area contributed by atoms with Crippen molar-refractivity contribution in [3.8, 4) is 11.4 Å². The number of nitrogens with two attached hydrogens (primary N) is 1. The van der Waals surface area contributed by atoms with E-state index in [0.717, 1.165) is 36.6 Å². The summed E-state index contributed by atoms with van der Waals surface area (Å²) in [7, 11) is 0. The highest BCUT2D eigenvalue weighted by Gasteiger charge is 2.17. The third kappa shape index (κ3) is 4.32. The predicted octanol–water partition coefficient (Wildman–Crippen LogP) is 3.43. The normalized spacial score (nSPS) is 12.5. The lowest BCUT2D eigenvalue weighted by molar-refractivity contribution is 0.102. The number of halogens is 2. The maximum atomic E-state index is 12.2. The van der Waals surface area contributed by atoms with E-state index < -0.39 is 0 Å². The molecule has 1 aliphatic rings. The smallest absolute Gasteiger partial charge is 0.258 e. The minimum absolute atomic E-state index is 0. The number of nitrogens with zero attached hydrogens (tertiary/aromatic N) is 3. The van der Waals surface area contributed by atoms with Crippen molar-refractivity contribution in [3.05, 3.63) is 53.7 Å². The lowest BCUT2D eigenvalue weighted by Crippen LogP contribution is -2.12. The van der Waals surface area contributed by atoms with E-state index in [0.29, 0.717) is 17.0 Å². The van der Waals surface area contributed by atoms with Crippen LogP contribution in [0.4, 0.5) is 5.69 Å². The van der Waals surface area contributed by atoms with Crippen molar-refractivity contribution < 1.29 is 9.21 Å². The molecule has 0 bridgehead atoms. The highest BCUT2D eigenvalue weighted by Crippen LogP contribution is 2.24. The van der Waals surface area contributed by atoms with Crippen molar-refractivity contribution in [3.63, 3.8) is 0 Å². The molecule has 3 aromatic rings. The largest absolute Gasteiger partial charge is 0.467 e. The molecule has 0 spiro atoms. The summed E-state index contributed by atoms with van der Waals surface area (Å²) >= 11 is 0. The third-order valence-electron chi connectivity index (χ3n) is 4.38. The fraction of sp³-hybridized carbons (Fsp3) is 0.278. The molecule has 4 rings (SSSR count). The molecular weight excluding hydrogens is 389 g/mol. The number of aromatic nitrogens is 3. The number of anilines is 1. The van der Waals surface area contributed by atoms with E-state index in [9.17, 15) is 4.79 Å². The molecule has 0 saturated carbocycles. The van der Waals surface area contributed by atoms with Crippen LogP contribution < -0.4 is 11.1 Å². The number of carbonyl (C=O) groups excluding carboxylic acids is 1. The van der Waals surface area contributed by atoms with Crippen LogP contribution >= 0.6 is 24.8 Å². The minimum Gasteiger partial charge on any atom is -0.467 e. The van der Waals surface area contributed by atoms with Crippen molar-refractivity contribution in [2.75, 3.05) is 5.32 Å². The Kier molecular flexibility index (Phi) is 7.01. The fourth-order valence-corrected chi connectivity index (χ4v) is 3.03. The molecule has 7 nitrogen and oxygen atoms in total. The number of benzene rings is 1. The third-order valence-corrected chi connectivity index (χ3v) is 4.38. The Balaban J connectivity index is 0.00000131. The predicted molar refractivity (Wildman–Crippen MR) is 107 cm³/mol. The molecule has 0 saturated heterocycles. The molecule has 0 atom stereocenters. The van der Waals surface area contributed by atoms with Crippen LogP contribution in [0.15, 0.2) is 41.0 Å². The van der Waals surface area contributed by atoms with Gasteiger partial charge in [0.05, 0.1) is 12.1 Å². The molecule has 0 unspecified atom stereocenters. The Morgan fingerprint density at radius 2 is 1.96 bits per heavy atom. The molecule has 3 heterocycles. The van der Waals surface area contributed by atoms with Gasteiger partial charge in [-0.1, -0.05) is 0 Å². The number of hydrogen-bond acceptors (Lipinski definition) is 5. The van der Waals surface area contributed by atoms with E-state index in [-0.39, 0.29) is 37.3 Å². The van der Waals surface area contributed by atoms with Crippen molar-refractivity contribution >= 4 is 36.4 Å². The molecule has 1 aliphatic heterocycles. The van der Waals surface area contributed by atoms with Gasteiger partial charge in [0, 0.05) is 24.2 Å². The van der Waals surface area contributed by atoms with Gasteiger partial charge in [-0.2, -0.15) is 0 Å².